The predicted molar refractivity (Wildman–Crippen MR) is 142 cm³/mol. The molecule has 0 aliphatic carbocycles. The first-order chi connectivity index (χ1) is 17.0. The largest absolute Gasteiger partial charge is 0.450 e. The molecule has 1 atom stereocenters. The predicted octanol–water partition coefficient (Wildman–Crippen LogP) is 6.66. The molecule has 1 aliphatic rings. The smallest absolute Gasteiger partial charge is 0.295 e. The first kappa shape index (κ1) is 23.7. The maximum atomic E-state index is 13.9. The lowest BCUT2D eigenvalue weighted by atomic mass is 9.85. The van der Waals surface area contributed by atoms with E-state index in [1.54, 1.807) is 29.2 Å². The number of carbonyl (C=O) groups is 2. The minimum atomic E-state index is -0.646. The lowest BCUT2D eigenvalue weighted by Gasteiger charge is -2.26. The Labute approximate surface area is 210 Å². The van der Waals surface area contributed by atoms with Crippen molar-refractivity contribution in [3.63, 3.8) is 0 Å². The number of aryl methyl sites for hydroxylation is 2. The Morgan fingerprint density at radius 1 is 0.889 bits per heavy atom. The quantitative estimate of drug-likeness (QED) is 0.308. The summed E-state index contributed by atoms with van der Waals surface area (Å²) in [6, 6.07) is 18.0. The van der Waals surface area contributed by atoms with Crippen molar-refractivity contribution in [1.82, 2.24) is 0 Å². The lowest BCUT2D eigenvalue weighted by molar-refractivity contribution is 0.0970. The summed E-state index contributed by atoms with van der Waals surface area (Å²) in [6.45, 7) is 11.8. The zero-order chi connectivity index (χ0) is 25.9. The van der Waals surface area contributed by atoms with E-state index in [9.17, 15) is 14.4 Å². The van der Waals surface area contributed by atoms with E-state index in [4.69, 9.17) is 4.42 Å². The van der Waals surface area contributed by atoms with Crippen molar-refractivity contribution in [2.75, 3.05) is 4.90 Å². The Hall–Kier alpha value is -3.99. The molecule has 5 nitrogen and oxygen atoms in total. The minimum absolute atomic E-state index is 0.0330. The van der Waals surface area contributed by atoms with E-state index in [0.29, 0.717) is 27.8 Å². The van der Waals surface area contributed by atoms with Crippen molar-refractivity contribution in [3.8, 4) is 0 Å². The highest BCUT2D eigenvalue weighted by Crippen LogP contribution is 2.42. The standard InChI is InChI=1S/C31H29NO4/c1-17-15-24-25(16-18(17)2)36-29-26(28(24)34)27(21-7-11-22(12-8-21)31(4,5)6)32(30(29)35)23-13-9-20(10-14-23)19(3)33/h7-16,27H,1-6H3. The molecule has 3 aromatic carbocycles. The Morgan fingerprint density at radius 3 is 2.08 bits per heavy atom. The number of rotatable bonds is 3. The highest BCUT2D eigenvalue weighted by atomic mass is 16.3. The van der Waals surface area contributed by atoms with Gasteiger partial charge < -0.3 is 4.42 Å². The molecule has 0 bridgehead atoms. The van der Waals surface area contributed by atoms with Gasteiger partial charge in [0.15, 0.2) is 11.2 Å². The van der Waals surface area contributed by atoms with Gasteiger partial charge >= 0.3 is 0 Å². The molecule has 0 saturated carbocycles. The fourth-order valence-corrected chi connectivity index (χ4v) is 4.83. The molecule has 1 unspecified atom stereocenters. The third-order valence-corrected chi connectivity index (χ3v) is 7.13. The molecule has 182 valence electrons. The molecule has 2 heterocycles. The monoisotopic (exact) mass is 479 g/mol. The Kier molecular flexibility index (Phi) is 5.47. The molecule has 4 aromatic rings. The van der Waals surface area contributed by atoms with Crippen molar-refractivity contribution < 1.29 is 14.0 Å². The average molecular weight is 480 g/mol. The zero-order valence-electron chi connectivity index (χ0n) is 21.4. The van der Waals surface area contributed by atoms with E-state index in [-0.39, 0.29) is 28.3 Å². The molecule has 1 aliphatic heterocycles. The van der Waals surface area contributed by atoms with Crippen LogP contribution in [0.2, 0.25) is 0 Å². The van der Waals surface area contributed by atoms with Gasteiger partial charge in [-0.3, -0.25) is 19.3 Å². The molecule has 5 heteroatoms. The third kappa shape index (κ3) is 3.76. The number of ketones is 1. The third-order valence-electron chi connectivity index (χ3n) is 7.13. The molecular formula is C31H29NO4. The number of amides is 1. The molecule has 0 saturated heterocycles. The van der Waals surface area contributed by atoms with Gasteiger partial charge in [0.2, 0.25) is 5.76 Å². The Bertz CT molecular complexity index is 1590. The summed E-state index contributed by atoms with van der Waals surface area (Å²) in [6.07, 6.45) is 0. The number of Topliss-reactive ketones (excluding diaryl/α,β-unsaturated/α-hetero) is 1. The minimum Gasteiger partial charge on any atom is -0.450 e. The fourth-order valence-electron chi connectivity index (χ4n) is 4.83. The van der Waals surface area contributed by atoms with E-state index < -0.39 is 6.04 Å². The maximum absolute atomic E-state index is 13.9. The lowest BCUT2D eigenvalue weighted by Crippen LogP contribution is -2.29. The zero-order valence-corrected chi connectivity index (χ0v) is 21.4. The summed E-state index contributed by atoms with van der Waals surface area (Å²) < 4.78 is 6.13. The van der Waals surface area contributed by atoms with Crippen LogP contribution in [0.1, 0.15) is 82.5 Å². The number of benzene rings is 3. The molecule has 1 aromatic heterocycles. The van der Waals surface area contributed by atoms with Gasteiger partial charge in [0.1, 0.15) is 5.58 Å². The van der Waals surface area contributed by atoms with Crippen LogP contribution in [-0.2, 0) is 5.41 Å². The average Bonchev–Trinajstić information content (AvgIpc) is 3.12. The van der Waals surface area contributed by atoms with Gasteiger partial charge in [-0.15, -0.1) is 0 Å². The fraction of sp³-hybridized carbons (Fsp3) is 0.258. The summed E-state index contributed by atoms with van der Waals surface area (Å²) in [4.78, 5) is 41.1. The highest BCUT2D eigenvalue weighted by Gasteiger charge is 2.43. The van der Waals surface area contributed by atoms with Crippen molar-refractivity contribution in [1.29, 1.82) is 0 Å². The van der Waals surface area contributed by atoms with Crippen LogP contribution in [0.3, 0.4) is 0 Å². The molecule has 36 heavy (non-hydrogen) atoms. The molecule has 0 spiro atoms. The number of fused-ring (bicyclic) bond motifs is 2. The van der Waals surface area contributed by atoms with Crippen molar-refractivity contribution >= 4 is 28.3 Å². The number of anilines is 1. The Balaban J connectivity index is 1.76. The van der Waals surface area contributed by atoms with Gasteiger partial charge in [-0.1, -0.05) is 45.0 Å². The summed E-state index contributed by atoms with van der Waals surface area (Å²) in [5.41, 5.74) is 5.62. The number of carbonyl (C=O) groups excluding carboxylic acids is 2. The van der Waals surface area contributed by atoms with Crippen LogP contribution in [0.4, 0.5) is 5.69 Å². The van der Waals surface area contributed by atoms with E-state index in [1.165, 1.54) is 6.92 Å². The van der Waals surface area contributed by atoms with Gasteiger partial charge in [0.25, 0.3) is 5.91 Å². The second kappa shape index (κ2) is 8.30. The molecule has 5 rings (SSSR count). The second-order valence-corrected chi connectivity index (χ2v) is 10.7. The normalized spacial score (nSPS) is 15.4. The van der Waals surface area contributed by atoms with Crippen LogP contribution in [0.25, 0.3) is 11.0 Å². The van der Waals surface area contributed by atoms with Crippen molar-refractivity contribution in [2.24, 2.45) is 0 Å². The summed E-state index contributed by atoms with van der Waals surface area (Å²) in [7, 11) is 0. The van der Waals surface area contributed by atoms with Crippen LogP contribution < -0.4 is 10.3 Å². The van der Waals surface area contributed by atoms with E-state index in [0.717, 1.165) is 22.3 Å². The van der Waals surface area contributed by atoms with Crippen molar-refractivity contribution in [2.45, 2.75) is 53.0 Å². The first-order valence-electron chi connectivity index (χ1n) is 12.1. The summed E-state index contributed by atoms with van der Waals surface area (Å²) in [5.74, 6) is -0.361. The van der Waals surface area contributed by atoms with Gasteiger partial charge in [-0.25, -0.2) is 0 Å². The van der Waals surface area contributed by atoms with E-state index >= 15 is 0 Å². The molecular weight excluding hydrogens is 450 g/mol. The second-order valence-electron chi connectivity index (χ2n) is 10.7. The van der Waals surface area contributed by atoms with Crippen LogP contribution in [-0.4, -0.2) is 11.7 Å². The number of hydrogen-bond donors (Lipinski definition) is 0. The van der Waals surface area contributed by atoms with Gasteiger partial charge in [0.05, 0.1) is 17.0 Å². The Morgan fingerprint density at radius 2 is 1.50 bits per heavy atom. The van der Waals surface area contributed by atoms with E-state index in [2.05, 4.69) is 20.8 Å². The number of hydrogen-bond acceptors (Lipinski definition) is 4. The molecule has 0 radical (unpaired) electrons. The number of nitrogens with zero attached hydrogens (tertiary/aromatic N) is 1. The van der Waals surface area contributed by atoms with Crippen LogP contribution in [0.15, 0.2) is 69.9 Å². The van der Waals surface area contributed by atoms with Crippen LogP contribution in [0.5, 0.6) is 0 Å². The topological polar surface area (TPSA) is 67.6 Å². The maximum Gasteiger partial charge on any atom is 0.295 e. The highest BCUT2D eigenvalue weighted by molar-refractivity contribution is 6.11. The molecule has 0 fully saturated rings. The van der Waals surface area contributed by atoms with Gasteiger partial charge in [0, 0.05) is 11.3 Å². The van der Waals surface area contributed by atoms with Crippen molar-refractivity contribution in [3.05, 3.63) is 110 Å². The van der Waals surface area contributed by atoms with Gasteiger partial charge in [-0.05, 0) is 84.8 Å². The molecule has 0 N–H and O–H groups in total. The van der Waals surface area contributed by atoms with E-state index in [1.807, 2.05) is 50.2 Å². The summed E-state index contributed by atoms with van der Waals surface area (Å²) >= 11 is 0. The first-order valence-corrected chi connectivity index (χ1v) is 12.1. The SMILES string of the molecule is CC(=O)c1ccc(N2C(=O)c3oc4cc(C)c(C)cc4c(=O)c3C2c2ccc(C(C)(C)C)cc2)cc1. The van der Waals surface area contributed by atoms with Crippen LogP contribution in [0, 0.1) is 13.8 Å². The summed E-state index contributed by atoms with van der Waals surface area (Å²) in [5, 5.41) is 0.467. The van der Waals surface area contributed by atoms with Crippen LogP contribution >= 0.6 is 0 Å². The van der Waals surface area contributed by atoms with Gasteiger partial charge in [-0.2, -0.15) is 0 Å². The molecule has 1 amide bonds.